The van der Waals surface area contributed by atoms with Gasteiger partial charge in [-0.1, -0.05) is 121 Å². The van der Waals surface area contributed by atoms with Crippen molar-refractivity contribution in [3.8, 4) is 0 Å². The maximum atomic E-state index is 4.47. The van der Waals surface area contributed by atoms with Crippen LogP contribution < -0.4 is 14.7 Å². The zero-order valence-corrected chi connectivity index (χ0v) is 40.2. The summed E-state index contributed by atoms with van der Waals surface area (Å²) in [6.07, 6.45) is 12.9. The molecule has 10 aromatic carbocycles. The van der Waals surface area contributed by atoms with Crippen molar-refractivity contribution < 1.29 is 0 Å². The van der Waals surface area contributed by atoms with Crippen molar-refractivity contribution in [3.63, 3.8) is 0 Å². The Morgan fingerprint density at radius 3 is 1.35 bits per heavy atom. The normalized spacial score (nSPS) is 12.7. The van der Waals surface area contributed by atoms with E-state index in [1.165, 1.54) is 78.7 Å². The monoisotopic (exact) mass is 944 g/mol. The average Bonchev–Trinajstić information content (AvgIpc) is 4.00. The summed E-state index contributed by atoms with van der Waals surface area (Å²) in [5.41, 5.74) is 10.3. The molecule has 1 aliphatic carbocycles. The van der Waals surface area contributed by atoms with E-state index in [2.05, 4.69) is 250 Å². The molecule has 71 heavy (non-hydrogen) atoms. The Bertz CT molecular complexity index is 4210. The molecule has 0 bridgehead atoms. The first-order chi connectivity index (χ1) is 35.2. The van der Waals surface area contributed by atoms with Gasteiger partial charge in [-0.3, -0.25) is 4.98 Å². The highest BCUT2D eigenvalue weighted by Crippen LogP contribution is 2.50. The largest absolute Gasteiger partial charge is 0.311 e. The Hall–Kier alpha value is -8.55. The first-order valence-corrected chi connectivity index (χ1v) is 25.9. The molecule has 0 spiro atoms. The zero-order chi connectivity index (χ0) is 46.8. The Morgan fingerprint density at radius 1 is 0.352 bits per heavy atom. The average molecular weight is 945 g/mol. The number of thiophene rings is 2. The van der Waals surface area contributed by atoms with Crippen molar-refractivity contribution in [3.05, 3.63) is 249 Å². The molecule has 0 atom stereocenters. The van der Waals surface area contributed by atoms with Gasteiger partial charge in [-0.25, -0.2) is 0 Å². The summed E-state index contributed by atoms with van der Waals surface area (Å²) in [6, 6.07) is 77.9. The Labute approximate surface area is 419 Å². The molecule has 0 radical (unpaired) electrons. The van der Waals surface area contributed by atoms with Crippen LogP contribution in [0.15, 0.2) is 249 Å². The van der Waals surface area contributed by atoms with Crippen LogP contribution in [0.1, 0.15) is 12.8 Å². The Morgan fingerprint density at radius 2 is 0.831 bits per heavy atom. The lowest BCUT2D eigenvalue weighted by molar-refractivity contribution is 0.998. The molecule has 3 aromatic heterocycles. The van der Waals surface area contributed by atoms with Gasteiger partial charge in [-0.05, 0) is 138 Å². The molecule has 0 saturated carbocycles. The summed E-state index contributed by atoms with van der Waals surface area (Å²) in [7, 11) is 0. The molecular weight excluding hydrogens is 901 g/mol. The summed E-state index contributed by atoms with van der Waals surface area (Å²) in [5, 5.41) is 12.3. The number of pyridine rings is 1. The van der Waals surface area contributed by atoms with Crippen molar-refractivity contribution in [1.29, 1.82) is 0 Å². The molecule has 0 N–H and O–H groups in total. The minimum Gasteiger partial charge on any atom is -0.311 e. The van der Waals surface area contributed by atoms with Crippen LogP contribution in [0.25, 0.3) is 72.7 Å². The van der Waals surface area contributed by atoms with Crippen molar-refractivity contribution in [2.24, 2.45) is 0 Å². The molecule has 3 heterocycles. The van der Waals surface area contributed by atoms with Gasteiger partial charge in [0, 0.05) is 109 Å². The number of anilines is 8. The molecule has 336 valence electrons. The maximum Gasteiger partial charge on any atom is 0.0554 e. The van der Waals surface area contributed by atoms with Crippen molar-refractivity contribution in [2.45, 2.75) is 12.8 Å². The number of nitrogens with zero attached hydrogens (tertiary/aromatic N) is 4. The van der Waals surface area contributed by atoms with Crippen molar-refractivity contribution in [1.82, 2.24) is 4.98 Å². The topological polar surface area (TPSA) is 22.6 Å². The van der Waals surface area contributed by atoms with Gasteiger partial charge in [-0.15, -0.1) is 22.7 Å². The fourth-order valence-electron chi connectivity index (χ4n) is 10.9. The van der Waals surface area contributed by atoms with Crippen LogP contribution in [0.2, 0.25) is 0 Å². The van der Waals surface area contributed by atoms with Crippen LogP contribution in [0.3, 0.4) is 0 Å². The molecule has 0 amide bonds. The summed E-state index contributed by atoms with van der Waals surface area (Å²) < 4.78 is 5.07. The van der Waals surface area contributed by atoms with E-state index in [0.717, 1.165) is 58.0 Å². The Kier molecular flexibility index (Phi) is 10.0. The molecular formula is C65H44N4S2. The molecule has 0 unspecified atom stereocenters. The number of benzene rings is 10. The van der Waals surface area contributed by atoms with Crippen LogP contribution in [-0.2, 0) is 0 Å². The van der Waals surface area contributed by atoms with Crippen LogP contribution in [0.5, 0.6) is 0 Å². The van der Waals surface area contributed by atoms with Gasteiger partial charge in [0.05, 0.1) is 11.4 Å². The third kappa shape index (κ3) is 7.06. The highest BCUT2D eigenvalue weighted by atomic mass is 32.1. The second-order valence-corrected chi connectivity index (χ2v) is 20.4. The fourth-order valence-corrected chi connectivity index (χ4v) is 13.2. The summed E-state index contributed by atoms with van der Waals surface area (Å²) in [4.78, 5) is 11.8. The lowest BCUT2D eigenvalue weighted by Gasteiger charge is -2.28. The van der Waals surface area contributed by atoms with E-state index in [-0.39, 0.29) is 0 Å². The van der Waals surface area contributed by atoms with Gasteiger partial charge < -0.3 is 14.7 Å². The van der Waals surface area contributed by atoms with E-state index in [0.29, 0.717) is 0 Å². The predicted molar refractivity (Wildman–Crippen MR) is 307 cm³/mol. The first kappa shape index (κ1) is 41.4. The summed E-state index contributed by atoms with van der Waals surface area (Å²) in [6.45, 7) is 0. The number of aromatic nitrogens is 1. The van der Waals surface area contributed by atoms with Gasteiger partial charge in [0.15, 0.2) is 0 Å². The number of fused-ring (bicyclic) bond motifs is 11. The lowest BCUT2D eigenvalue weighted by atomic mass is 9.99. The number of allylic oxidation sites excluding steroid dienone is 3. The van der Waals surface area contributed by atoms with Crippen LogP contribution in [0.4, 0.5) is 45.5 Å². The fraction of sp³-hybridized carbons (Fsp3) is 0.0308. The van der Waals surface area contributed by atoms with Crippen LogP contribution in [-0.4, -0.2) is 4.98 Å². The number of para-hydroxylation sites is 3. The molecule has 0 fully saturated rings. The molecule has 4 nitrogen and oxygen atoms in total. The van der Waals surface area contributed by atoms with Crippen molar-refractivity contribution >= 4 is 141 Å². The SMILES string of the molecule is C1=CC(N(c2ccc3sc4cc(N(c5ccccc5)c5ccccc5)c5ccccc5c4c3c2)c2ccc3sc4cc(N(c5ccccc5)c5ccc6ccncc6c5)c5ccccc5c4c3c2)=CCC1. The third-order valence-corrected chi connectivity index (χ3v) is 16.3. The second kappa shape index (κ2) is 17.1. The lowest BCUT2D eigenvalue weighted by Crippen LogP contribution is -2.16. The van der Waals surface area contributed by atoms with Gasteiger partial charge in [0.25, 0.3) is 0 Å². The first-order valence-electron chi connectivity index (χ1n) is 24.2. The van der Waals surface area contributed by atoms with E-state index in [1.807, 2.05) is 35.1 Å². The number of rotatable bonds is 9. The van der Waals surface area contributed by atoms with Gasteiger partial charge in [-0.2, -0.15) is 0 Å². The van der Waals surface area contributed by atoms with E-state index >= 15 is 0 Å². The maximum absolute atomic E-state index is 4.47. The highest BCUT2D eigenvalue weighted by molar-refractivity contribution is 7.26. The second-order valence-electron chi connectivity index (χ2n) is 18.2. The van der Waals surface area contributed by atoms with Gasteiger partial charge >= 0.3 is 0 Å². The van der Waals surface area contributed by atoms with Gasteiger partial charge in [0.2, 0.25) is 0 Å². The molecule has 6 heteroatoms. The van der Waals surface area contributed by atoms with Gasteiger partial charge in [0.1, 0.15) is 0 Å². The standard InChI is InChI=1S/C65H44N4S2/c1-5-17-45(18-6-1)67(50-31-33-60-56(38-50)64-54-27-15-13-25-52(54)58(40-62(64)70-60)68(46-19-7-2-8-20-46)47-21-9-3-10-22-47)51-32-34-61-57(39-51)65-55-28-16-14-26-53(55)59(41-63(65)71-61)69(48-23-11-4-12-24-48)49-30-29-43-35-36-66-42-44(43)37-49/h2-5,7-42H,1,6H2. The minimum atomic E-state index is 1.00. The molecule has 1 aliphatic rings. The quantitative estimate of drug-likeness (QED) is 0.144. The zero-order valence-electron chi connectivity index (χ0n) is 38.6. The minimum absolute atomic E-state index is 1.00. The third-order valence-electron chi connectivity index (χ3n) is 14.0. The van der Waals surface area contributed by atoms with E-state index in [9.17, 15) is 0 Å². The molecule has 0 aliphatic heterocycles. The van der Waals surface area contributed by atoms with E-state index < -0.39 is 0 Å². The molecule has 0 saturated heterocycles. The smallest absolute Gasteiger partial charge is 0.0554 e. The molecule has 13 aromatic rings. The van der Waals surface area contributed by atoms with Crippen LogP contribution in [0, 0.1) is 0 Å². The highest BCUT2D eigenvalue weighted by Gasteiger charge is 2.24. The van der Waals surface area contributed by atoms with E-state index in [4.69, 9.17) is 0 Å². The summed E-state index contributed by atoms with van der Waals surface area (Å²) >= 11 is 3.75. The van der Waals surface area contributed by atoms with E-state index in [1.54, 1.807) is 0 Å². The number of hydrogen-bond donors (Lipinski definition) is 0. The van der Waals surface area contributed by atoms with Crippen molar-refractivity contribution in [2.75, 3.05) is 14.7 Å². The Balaban J connectivity index is 0.940. The summed E-state index contributed by atoms with van der Waals surface area (Å²) in [5.74, 6) is 0. The predicted octanol–water partition coefficient (Wildman–Crippen LogP) is 19.6. The van der Waals surface area contributed by atoms with Crippen LogP contribution >= 0.6 is 22.7 Å². The molecule has 14 rings (SSSR count). The number of hydrogen-bond acceptors (Lipinski definition) is 6.